The van der Waals surface area contributed by atoms with Gasteiger partial charge in [0.15, 0.2) is 5.16 Å². The summed E-state index contributed by atoms with van der Waals surface area (Å²) in [5.74, 6) is 0.691. The van der Waals surface area contributed by atoms with Gasteiger partial charge in [0, 0.05) is 29.3 Å². The molecule has 1 N–H and O–H groups in total. The SMILES string of the molecule is CCn1cnnc1SCc1cc(=O)oc2c(C)c(O)ccc12. The van der Waals surface area contributed by atoms with Crippen molar-refractivity contribution in [3.63, 3.8) is 0 Å². The summed E-state index contributed by atoms with van der Waals surface area (Å²) in [7, 11) is 0. The molecule has 0 bridgehead atoms. The number of aromatic nitrogens is 3. The molecule has 6 nitrogen and oxygen atoms in total. The highest BCUT2D eigenvalue weighted by Crippen LogP contribution is 2.30. The normalized spacial score (nSPS) is 11.2. The minimum Gasteiger partial charge on any atom is -0.508 e. The lowest BCUT2D eigenvalue weighted by molar-refractivity contribution is 0.468. The van der Waals surface area contributed by atoms with E-state index in [-0.39, 0.29) is 5.75 Å². The Kier molecular flexibility index (Phi) is 3.89. The van der Waals surface area contributed by atoms with Crippen LogP contribution in [0, 0.1) is 6.92 Å². The Morgan fingerprint density at radius 3 is 3.00 bits per heavy atom. The van der Waals surface area contributed by atoms with E-state index in [2.05, 4.69) is 10.2 Å². The Hall–Kier alpha value is -2.28. The second-order valence-corrected chi connectivity index (χ2v) is 5.81. The van der Waals surface area contributed by atoms with Gasteiger partial charge in [-0.1, -0.05) is 11.8 Å². The molecule has 0 radical (unpaired) electrons. The Morgan fingerprint density at radius 1 is 1.41 bits per heavy atom. The highest BCUT2D eigenvalue weighted by atomic mass is 32.2. The number of benzene rings is 1. The van der Waals surface area contributed by atoms with E-state index in [9.17, 15) is 9.90 Å². The Labute approximate surface area is 130 Å². The number of aromatic hydroxyl groups is 1. The van der Waals surface area contributed by atoms with Crippen molar-refractivity contribution in [1.82, 2.24) is 14.8 Å². The van der Waals surface area contributed by atoms with E-state index in [1.807, 2.05) is 11.5 Å². The third-order valence-electron chi connectivity index (χ3n) is 3.50. The topological polar surface area (TPSA) is 81.2 Å². The van der Waals surface area contributed by atoms with Gasteiger partial charge in [-0.15, -0.1) is 10.2 Å². The molecule has 0 saturated heterocycles. The van der Waals surface area contributed by atoms with Crippen molar-refractivity contribution < 1.29 is 9.52 Å². The zero-order valence-corrected chi connectivity index (χ0v) is 13.1. The number of rotatable bonds is 4. The van der Waals surface area contributed by atoms with Crippen LogP contribution in [-0.2, 0) is 12.3 Å². The molecule has 114 valence electrons. The van der Waals surface area contributed by atoms with Crippen molar-refractivity contribution in [2.24, 2.45) is 0 Å². The molecular formula is C15H15N3O3S. The lowest BCUT2D eigenvalue weighted by Gasteiger charge is -2.08. The molecule has 3 aromatic rings. The minimum absolute atomic E-state index is 0.117. The van der Waals surface area contributed by atoms with Crippen LogP contribution in [0.15, 0.2) is 38.9 Å². The minimum atomic E-state index is -0.422. The highest BCUT2D eigenvalue weighted by Gasteiger charge is 2.12. The fourth-order valence-electron chi connectivity index (χ4n) is 2.25. The molecule has 0 fully saturated rings. The summed E-state index contributed by atoms with van der Waals surface area (Å²) in [6, 6.07) is 4.86. The number of phenols is 1. The van der Waals surface area contributed by atoms with E-state index < -0.39 is 5.63 Å². The van der Waals surface area contributed by atoms with Crippen molar-refractivity contribution >= 4 is 22.7 Å². The summed E-state index contributed by atoms with van der Waals surface area (Å²) in [5.41, 5.74) is 1.43. The second kappa shape index (κ2) is 5.84. The predicted molar refractivity (Wildman–Crippen MR) is 84.1 cm³/mol. The van der Waals surface area contributed by atoms with Crippen LogP contribution in [0.2, 0.25) is 0 Å². The fourth-order valence-corrected chi connectivity index (χ4v) is 3.22. The van der Waals surface area contributed by atoms with Crippen LogP contribution < -0.4 is 5.63 Å². The maximum Gasteiger partial charge on any atom is 0.336 e. The van der Waals surface area contributed by atoms with Crippen molar-refractivity contribution in [2.45, 2.75) is 31.3 Å². The van der Waals surface area contributed by atoms with E-state index in [1.54, 1.807) is 25.4 Å². The average Bonchev–Trinajstić information content (AvgIpc) is 2.96. The number of hydrogen-bond acceptors (Lipinski definition) is 6. The van der Waals surface area contributed by atoms with Gasteiger partial charge < -0.3 is 14.1 Å². The van der Waals surface area contributed by atoms with E-state index in [1.165, 1.54) is 17.8 Å². The summed E-state index contributed by atoms with van der Waals surface area (Å²) in [6.07, 6.45) is 1.68. The summed E-state index contributed by atoms with van der Waals surface area (Å²) < 4.78 is 7.18. The molecule has 0 atom stereocenters. The lowest BCUT2D eigenvalue weighted by Crippen LogP contribution is -2.01. The fraction of sp³-hybridized carbons (Fsp3) is 0.267. The summed E-state index contributed by atoms with van der Waals surface area (Å²) in [4.78, 5) is 11.8. The number of nitrogens with zero attached hydrogens (tertiary/aromatic N) is 3. The molecule has 0 aliphatic carbocycles. The molecule has 2 aromatic heterocycles. The van der Waals surface area contributed by atoms with E-state index >= 15 is 0 Å². The van der Waals surface area contributed by atoms with Gasteiger partial charge in [0.05, 0.1) is 0 Å². The number of thioether (sulfide) groups is 1. The molecule has 22 heavy (non-hydrogen) atoms. The van der Waals surface area contributed by atoms with Crippen LogP contribution in [0.5, 0.6) is 5.75 Å². The molecule has 0 saturated carbocycles. The maximum atomic E-state index is 11.8. The first-order valence-corrected chi connectivity index (χ1v) is 7.84. The van der Waals surface area contributed by atoms with Crippen molar-refractivity contribution in [3.05, 3.63) is 46.1 Å². The van der Waals surface area contributed by atoms with Gasteiger partial charge >= 0.3 is 5.63 Å². The Balaban J connectivity index is 2.00. The largest absolute Gasteiger partial charge is 0.508 e. The quantitative estimate of drug-likeness (QED) is 0.588. The zero-order valence-electron chi connectivity index (χ0n) is 12.2. The van der Waals surface area contributed by atoms with Gasteiger partial charge in [0.25, 0.3) is 0 Å². The molecule has 7 heteroatoms. The monoisotopic (exact) mass is 317 g/mol. The molecule has 0 aliphatic rings. The second-order valence-electron chi connectivity index (χ2n) is 4.87. The molecule has 2 heterocycles. The van der Waals surface area contributed by atoms with Crippen molar-refractivity contribution in [2.75, 3.05) is 0 Å². The lowest BCUT2D eigenvalue weighted by atomic mass is 10.1. The van der Waals surface area contributed by atoms with Crippen LogP contribution in [0.4, 0.5) is 0 Å². The van der Waals surface area contributed by atoms with Gasteiger partial charge in [-0.25, -0.2) is 4.79 Å². The molecule has 0 aliphatic heterocycles. The van der Waals surface area contributed by atoms with Crippen LogP contribution in [0.3, 0.4) is 0 Å². The molecule has 3 rings (SSSR count). The summed E-state index contributed by atoms with van der Waals surface area (Å²) in [6.45, 7) is 4.54. The van der Waals surface area contributed by atoms with Gasteiger partial charge in [-0.05, 0) is 31.5 Å². The van der Waals surface area contributed by atoms with Gasteiger partial charge in [-0.3, -0.25) is 0 Å². The van der Waals surface area contributed by atoms with Crippen LogP contribution in [0.1, 0.15) is 18.1 Å². The van der Waals surface area contributed by atoms with Crippen molar-refractivity contribution in [3.8, 4) is 5.75 Å². The third kappa shape index (κ3) is 2.59. The maximum absolute atomic E-state index is 11.8. The van der Waals surface area contributed by atoms with Gasteiger partial charge in [-0.2, -0.15) is 0 Å². The molecule has 0 unspecified atom stereocenters. The number of aryl methyl sites for hydroxylation is 2. The molecule has 0 amide bonds. The first-order valence-electron chi connectivity index (χ1n) is 6.86. The number of hydrogen-bond donors (Lipinski definition) is 1. The summed E-state index contributed by atoms with van der Waals surface area (Å²) in [5, 5.41) is 19.3. The van der Waals surface area contributed by atoms with Crippen LogP contribution in [-0.4, -0.2) is 19.9 Å². The number of phenolic OH excluding ortho intramolecular Hbond substituents is 1. The van der Waals surface area contributed by atoms with Gasteiger partial charge in [0.2, 0.25) is 0 Å². The standard InChI is InChI=1S/C15H15N3O3S/c1-3-18-8-16-17-15(18)22-7-10-6-13(20)21-14-9(2)12(19)5-4-11(10)14/h4-6,8,19H,3,7H2,1-2H3. The molecule has 0 spiro atoms. The smallest absolute Gasteiger partial charge is 0.336 e. The predicted octanol–water partition coefficient (Wildman–Crippen LogP) is 2.71. The summed E-state index contributed by atoms with van der Waals surface area (Å²) >= 11 is 1.51. The van der Waals surface area contributed by atoms with Crippen molar-refractivity contribution in [1.29, 1.82) is 0 Å². The first-order chi connectivity index (χ1) is 10.6. The molecule has 1 aromatic carbocycles. The zero-order chi connectivity index (χ0) is 15.7. The third-order valence-corrected chi connectivity index (χ3v) is 4.53. The Morgan fingerprint density at radius 2 is 2.23 bits per heavy atom. The van der Waals surface area contributed by atoms with E-state index in [4.69, 9.17) is 4.42 Å². The first kappa shape index (κ1) is 14.6. The highest BCUT2D eigenvalue weighted by molar-refractivity contribution is 7.98. The van der Waals surface area contributed by atoms with Gasteiger partial charge in [0.1, 0.15) is 17.7 Å². The molecular weight excluding hydrogens is 302 g/mol. The average molecular weight is 317 g/mol. The van der Waals surface area contributed by atoms with Crippen LogP contribution in [0.25, 0.3) is 11.0 Å². The van der Waals surface area contributed by atoms with E-state index in [0.29, 0.717) is 16.9 Å². The van der Waals surface area contributed by atoms with Crippen LogP contribution >= 0.6 is 11.8 Å². The number of fused-ring (bicyclic) bond motifs is 1. The Bertz CT molecular complexity index is 885. The van der Waals surface area contributed by atoms with E-state index in [0.717, 1.165) is 22.7 Å².